The van der Waals surface area contributed by atoms with Crippen molar-refractivity contribution in [3.8, 4) is 0 Å². The highest BCUT2D eigenvalue weighted by atomic mass is 16.4. The Labute approximate surface area is 361 Å². The molecule has 0 heterocycles. The first-order chi connectivity index (χ1) is 29.6. The van der Waals surface area contributed by atoms with Crippen molar-refractivity contribution in [3.63, 3.8) is 0 Å². The smallest absolute Gasteiger partial charge is 0.151 e. The van der Waals surface area contributed by atoms with Gasteiger partial charge in [-0.25, -0.2) is 0 Å². The number of hydrogen-bond acceptors (Lipinski definition) is 32. The maximum atomic E-state index is 9.90. The minimum atomic E-state index is -1.79. The average Bonchev–Trinajstić information content (AvgIpc) is 3.34. The lowest BCUT2D eigenvalue weighted by molar-refractivity contribution is -0.136. The Bertz CT molecular complexity index is 990. The molecule has 0 aliphatic carbocycles. The molecule has 384 valence electrons. The molecular formula is C32H64O32. The molecule has 0 radical (unpaired) electrons. The summed E-state index contributed by atoms with van der Waals surface area (Å²) in [6, 6.07) is 0. The zero-order valence-electron chi connectivity index (χ0n) is 33.3. The van der Waals surface area contributed by atoms with E-state index in [1.807, 2.05) is 0 Å². The lowest BCUT2D eigenvalue weighted by Gasteiger charge is -2.22. The second kappa shape index (κ2) is 43.9. The monoisotopic (exact) mass is 960 g/mol. The normalized spacial score (nSPS) is 20.2. The van der Waals surface area contributed by atoms with E-state index in [4.69, 9.17) is 133 Å². The number of aldehydes is 6. The quantitative estimate of drug-likeness (QED) is 0.0358. The van der Waals surface area contributed by atoms with Crippen LogP contribution < -0.4 is 0 Å². The second-order valence-electron chi connectivity index (χ2n) is 12.2. The highest BCUT2D eigenvalue weighted by Crippen LogP contribution is 2.04. The summed E-state index contributed by atoms with van der Waals surface area (Å²) in [7, 11) is 0. The van der Waals surface area contributed by atoms with Crippen molar-refractivity contribution in [2.24, 2.45) is 0 Å². The van der Waals surface area contributed by atoms with Gasteiger partial charge in [0.05, 0.1) is 39.6 Å². The Hall–Kier alpha value is -3.02. The maximum Gasteiger partial charge on any atom is 0.151 e. The van der Waals surface area contributed by atoms with Crippen LogP contribution in [0.3, 0.4) is 0 Å². The van der Waals surface area contributed by atoms with Crippen LogP contribution in [0.2, 0.25) is 0 Å². The fourth-order valence-electron chi connectivity index (χ4n) is 2.90. The second-order valence-corrected chi connectivity index (χ2v) is 12.2. The summed E-state index contributed by atoms with van der Waals surface area (Å²) in [6.07, 6.45) is -32.2. The first-order valence-electron chi connectivity index (χ1n) is 17.6. The van der Waals surface area contributed by atoms with Crippen molar-refractivity contribution < 1.29 is 162 Å². The van der Waals surface area contributed by atoms with E-state index in [2.05, 4.69) is 0 Å². The van der Waals surface area contributed by atoms with E-state index in [9.17, 15) is 28.8 Å². The summed E-state index contributed by atoms with van der Waals surface area (Å²) in [5, 5.41) is 223. The van der Waals surface area contributed by atoms with Gasteiger partial charge in [-0.2, -0.15) is 0 Å². The predicted molar refractivity (Wildman–Crippen MR) is 199 cm³/mol. The summed E-state index contributed by atoms with van der Waals surface area (Å²) in [6.45, 7) is -4.27. The van der Waals surface area contributed by atoms with Crippen LogP contribution >= 0.6 is 0 Å². The minimum absolute atomic E-state index is 0.0258. The van der Waals surface area contributed by atoms with Gasteiger partial charge >= 0.3 is 0 Å². The molecule has 0 aromatic carbocycles. The molecule has 64 heavy (non-hydrogen) atoms. The third kappa shape index (κ3) is 33.5. The van der Waals surface area contributed by atoms with Crippen LogP contribution in [0, 0.1) is 0 Å². The number of carbonyl (C=O) groups is 6. The average molecular weight is 961 g/mol. The molecule has 0 fully saturated rings. The molecule has 32 heteroatoms. The Balaban J connectivity index is -0.000000158. The Kier molecular flexibility index (Phi) is 49.7. The van der Waals surface area contributed by atoms with Crippen molar-refractivity contribution in [2.75, 3.05) is 39.6 Å². The lowest BCUT2D eigenvalue weighted by Crippen LogP contribution is -2.46. The molecule has 0 bridgehead atoms. The van der Waals surface area contributed by atoms with Gasteiger partial charge in [0, 0.05) is 0 Å². The molecule has 32 nitrogen and oxygen atoms in total. The molecule has 0 aromatic heterocycles. The molecule has 20 atom stereocenters. The van der Waals surface area contributed by atoms with Crippen LogP contribution in [0.4, 0.5) is 0 Å². The summed E-state index contributed by atoms with van der Waals surface area (Å²) in [5.41, 5.74) is 0. The van der Waals surface area contributed by atoms with Crippen LogP contribution in [0.25, 0.3) is 0 Å². The van der Waals surface area contributed by atoms with Gasteiger partial charge in [0.1, 0.15) is 122 Å². The summed E-state index contributed by atoms with van der Waals surface area (Å²) < 4.78 is 0. The fourth-order valence-corrected chi connectivity index (χ4v) is 2.90. The van der Waals surface area contributed by atoms with Crippen LogP contribution in [0.15, 0.2) is 0 Å². The van der Waals surface area contributed by atoms with Gasteiger partial charge in [0.15, 0.2) is 37.7 Å². The number of rotatable bonds is 26. The standard InChI is InChI=1S/2C6H12O6.4C5H10O5/c2*7-1-3(9)5(11)6(12)4(10)2-8;4*6-1-3(8)5(10)4(9)2-7/h2*1,3-6,8-12H,2H2;4*1,3-5,7-10H,2H2/t2*3-,4+,5+,6+;2*3-,4+,5+;2*3-,4-,5+/m000011/s1. The molecule has 0 aliphatic heterocycles. The van der Waals surface area contributed by atoms with Crippen LogP contribution in [-0.4, -0.2) is 332 Å². The van der Waals surface area contributed by atoms with Gasteiger partial charge in [-0.15, -0.1) is 0 Å². The SMILES string of the molecule is O=C[C@@H](O)[C@H](O)[C@H](O)CO.O=C[C@@H](O)[C@H](O)[C@H](O)CO.O=C[C@H](O)[C@@H](O)[C@H](O)CO.O=C[C@H](O)[C@@H](O)[C@H](O)CO.O=C[C@H](O)[C@@H](O)[C@H](O)[C@H](O)CO.O=C[C@H](O)[C@@H](O)[C@H](O)[C@H](O)CO. The maximum absolute atomic E-state index is 9.90. The van der Waals surface area contributed by atoms with Crippen molar-refractivity contribution in [1.82, 2.24) is 0 Å². The topological polar surface area (TPSA) is 628 Å². The minimum Gasteiger partial charge on any atom is -0.394 e. The summed E-state index contributed by atoms with van der Waals surface area (Å²) >= 11 is 0. The van der Waals surface area contributed by atoms with Crippen LogP contribution in [0.1, 0.15) is 0 Å². The molecule has 0 saturated carbocycles. The Morgan fingerprint density at radius 2 is 0.312 bits per heavy atom. The highest BCUT2D eigenvalue weighted by molar-refractivity contribution is 5.58. The Morgan fingerprint density at radius 1 is 0.203 bits per heavy atom. The highest BCUT2D eigenvalue weighted by Gasteiger charge is 2.31. The number of aliphatic hydroxyl groups excluding tert-OH is 26. The molecule has 0 spiro atoms. The number of aliphatic hydroxyl groups is 26. The predicted octanol–water partition coefficient (Wildman–Crippen LogP) is -17.7. The lowest BCUT2D eigenvalue weighted by atomic mass is 10.0. The van der Waals surface area contributed by atoms with E-state index in [0.717, 1.165) is 0 Å². The van der Waals surface area contributed by atoms with E-state index in [0.29, 0.717) is 0 Å². The van der Waals surface area contributed by atoms with Gasteiger partial charge in [0.25, 0.3) is 0 Å². The van der Waals surface area contributed by atoms with Gasteiger partial charge < -0.3 is 162 Å². The molecule has 0 aliphatic rings. The molecule has 0 aromatic rings. The molecule has 26 N–H and O–H groups in total. The van der Waals surface area contributed by atoms with E-state index < -0.39 is 162 Å². The van der Waals surface area contributed by atoms with Crippen molar-refractivity contribution >= 4 is 37.7 Å². The molecule has 0 rings (SSSR count). The first-order valence-corrected chi connectivity index (χ1v) is 17.6. The largest absolute Gasteiger partial charge is 0.394 e. The molecule has 0 saturated heterocycles. The zero-order valence-corrected chi connectivity index (χ0v) is 33.3. The van der Waals surface area contributed by atoms with Gasteiger partial charge in [-0.3, -0.25) is 0 Å². The molecule has 0 amide bonds. The number of carbonyl (C=O) groups excluding carboxylic acids is 6. The zero-order chi connectivity index (χ0) is 52.0. The van der Waals surface area contributed by atoms with Gasteiger partial charge in [-0.05, 0) is 0 Å². The summed E-state index contributed by atoms with van der Waals surface area (Å²) in [4.78, 5) is 58.8. The van der Waals surface area contributed by atoms with E-state index >= 15 is 0 Å². The Morgan fingerprint density at radius 3 is 0.422 bits per heavy atom. The van der Waals surface area contributed by atoms with E-state index in [-0.39, 0.29) is 37.7 Å². The molecular weight excluding hydrogens is 896 g/mol. The van der Waals surface area contributed by atoms with E-state index in [1.54, 1.807) is 0 Å². The van der Waals surface area contributed by atoms with E-state index in [1.165, 1.54) is 0 Å². The van der Waals surface area contributed by atoms with Crippen LogP contribution in [0.5, 0.6) is 0 Å². The number of hydrogen-bond donors (Lipinski definition) is 26. The van der Waals surface area contributed by atoms with Crippen molar-refractivity contribution in [2.45, 2.75) is 122 Å². The first kappa shape index (κ1) is 72.6. The van der Waals surface area contributed by atoms with Crippen molar-refractivity contribution in [1.29, 1.82) is 0 Å². The third-order valence-corrected chi connectivity index (χ3v) is 7.12. The molecule has 0 unspecified atom stereocenters. The fraction of sp³-hybridized carbons (Fsp3) is 0.812. The van der Waals surface area contributed by atoms with Crippen molar-refractivity contribution in [3.05, 3.63) is 0 Å². The van der Waals surface area contributed by atoms with Gasteiger partial charge in [-0.1, -0.05) is 0 Å². The summed E-state index contributed by atoms with van der Waals surface area (Å²) in [5.74, 6) is 0. The van der Waals surface area contributed by atoms with Crippen LogP contribution in [-0.2, 0) is 28.8 Å². The third-order valence-electron chi connectivity index (χ3n) is 7.12. The van der Waals surface area contributed by atoms with Gasteiger partial charge in [0.2, 0.25) is 0 Å².